The van der Waals surface area contributed by atoms with Gasteiger partial charge in [0.2, 0.25) is 0 Å². The summed E-state index contributed by atoms with van der Waals surface area (Å²) in [5.74, 6) is 1.06. The van der Waals surface area contributed by atoms with Crippen molar-refractivity contribution in [3.8, 4) is 11.4 Å². The van der Waals surface area contributed by atoms with Gasteiger partial charge in [0.25, 0.3) is 10.0 Å². The number of para-hydroxylation sites is 1. The van der Waals surface area contributed by atoms with E-state index in [9.17, 15) is 8.42 Å². The van der Waals surface area contributed by atoms with Crippen molar-refractivity contribution in [2.24, 2.45) is 0 Å². The molecule has 0 spiro atoms. The van der Waals surface area contributed by atoms with E-state index in [0.717, 1.165) is 16.8 Å². The molecule has 1 heterocycles. The van der Waals surface area contributed by atoms with Gasteiger partial charge in [0.05, 0.1) is 23.9 Å². The second kappa shape index (κ2) is 6.60. The molecule has 6 nitrogen and oxygen atoms in total. The van der Waals surface area contributed by atoms with E-state index in [4.69, 9.17) is 4.74 Å². The molecule has 3 rings (SSSR count). The molecule has 1 N–H and O–H groups in total. The average molecular weight is 357 g/mol. The van der Waals surface area contributed by atoms with Gasteiger partial charge in [-0.1, -0.05) is 18.2 Å². The summed E-state index contributed by atoms with van der Waals surface area (Å²) < 4.78 is 35.0. The maximum Gasteiger partial charge on any atom is 0.263 e. The minimum atomic E-state index is -3.75. The van der Waals surface area contributed by atoms with Crippen molar-refractivity contribution in [2.45, 2.75) is 18.7 Å². The van der Waals surface area contributed by atoms with Gasteiger partial charge in [0, 0.05) is 5.56 Å². The van der Waals surface area contributed by atoms with Crippen molar-refractivity contribution in [1.82, 2.24) is 9.78 Å². The van der Waals surface area contributed by atoms with Crippen LogP contribution in [-0.2, 0) is 10.0 Å². The number of methoxy groups -OCH3 is 1. The maximum atomic E-state index is 12.8. The van der Waals surface area contributed by atoms with Crippen LogP contribution in [0.5, 0.6) is 5.75 Å². The van der Waals surface area contributed by atoms with Crippen molar-refractivity contribution >= 4 is 15.8 Å². The molecule has 3 aromatic rings. The molecule has 0 saturated heterocycles. The molecule has 1 aromatic heterocycles. The van der Waals surface area contributed by atoms with Crippen LogP contribution in [0, 0.1) is 13.8 Å². The Morgan fingerprint density at radius 3 is 2.40 bits per heavy atom. The number of benzene rings is 2. The fourth-order valence-electron chi connectivity index (χ4n) is 2.52. The number of hydrogen-bond acceptors (Lipinski definition) is 4. The molecule has 130 valence electrons. The SMILES string of the molecule is COc1ccc(S(=O)(=O)Nc2c(C)cnn2-c2ccccc2)cc1C. The first-order valence-electron chi connectivity index (χ1n) is 7.70. The number of nitrogens with one attached hydrogen (secondary N) is 1. The van der Waals surface area contributed by atoms with Gasteiger partial charge in [-0.05, 0) is 49.7 Å². The Bertz CT molecular complexity index is 996. The van der Waals surface area contributed by atoms with Crippen molar-refractivity contribution in [3.63, 3.8) is 0 Å². The number of sulfonamides is 1. The standard InChI is InChI=1S/C18H19N3O3S/c1-13-11-16(9-10-17(13)24-3)25(22,23)20-18-14(2)12-19-21(18)15-7-5-4-6-8-15/h4-12,20H,1-3H3. The van der Waals surface area contributed by atoms with Crippen molar-refractivity contribution in [1.29, 1.82) is 0 Å². The molecule has 7 heteroatoms. The van der Waals surface area contributed by atoms with Crippen LogP contribution in [-0.4, -0.2) is 25.3 Å². The summed E-state index contributed by atoms with van der Waals surface area (Å²) in [5.41, 5.74) is 2.26. The molecule has 0 aliphatic heterocycles. The van der Waals surface area contributed by atoms with Gasteiger partial charge in [-0.25, -0.2) is 13.1 Å². The molecular weight excluding hydrogens is 338 g/mol. The highest BCUT2D eigenvalue weighted by Gasteiger charge is 2.20. The number of rotatable bonds is 5. The van der Waals surface area contributed by atoms with E-state index in [1.54, 1.807) is 37.0 Å². The number of anilines is 1. The van der Waals surface area contributed by atoms with Gasteiger partial charge >= 0.3 is 0 Å². The van der Waals surface area contributed by atoms with Gasteiger partial charge in [-0.15, -0.1) is 0 Å². The lowest BCUT2D eigenvalue weighted by Gasteiger charge is -2.13. The highest BCUT2D eigenvalue weighted by atomic mass is 32.2. The fraction of sp³-hybridized carbons (Fsp3) is 0.167. The summed E-state index contributed by atoms with van der Waals surface area (Å²) >= 11 is 0. The predicted molar refractivity (Wildman–Crippen MR) is 96.8 cm³/mol. The molecule has 0 aliphatic rings. The normalized spacial score (nSPS) is 11.3. The number of aromatic nitrogens is 2. The van der Waals surface area contributed by atoms with E-state index in [2.05, 4.69) is 9.82 Å². The first kappa shape index (κ1) is 17.0. The maximum absolute atomic E-state index is 12.8. The van der Waals surface area contributed by atoms with Crippen LogP contribution >= 0.6 is 0 Å². The topological polar surface area (TPSA) is 73.2 Å². The fourth-order valence-corrected chi connectivity index (χ4v) is 3.72. The monoisotopic (exact) mass is 357 g/mol. The van der Waals surface area contributed by atoms with E-state index >= 15 is 0 Å². The number of aryl methyl sites for hydroxylation is 2. The molecule has 0 bridgehead atoms. The summed E-state index contributed by atoms with van der Waals surface area (Å²) in [4.78, 5) is 0.172. The Morgan fingerprint density at radius 1 is 1.04 bits per heavy atom. The molecule has 2 aromatic carbocycles. The third-order valence-electron chi connectivity index (χ3n) is 3.86. The zero-order valence-electron chi connectivity index (χ0n) is 14.2. The van der Waals surface area contributed by atoms with Crippen molar-refractivity contribution in [3.05, 3.63) is 65.9 Å². The Hall–Kier alpha value is -2.80. The molecule has 0 radical (unpaired) electrons. The molecule has 0 atom stereocenters. The zero-order chi connectivity index (χ0) is 18.0. The van der Waals surface area contributed by atoms with E-state index < -0.39 is 10.0 Å². The number of nitrogens with zero attached hydrogens (tertiary/aromatic N) is 2. The molecule has 0 saturated carbocycles. The third kappa shape index (κ3) is 3.36. The number of ether oxygens (including phenoxy) is 1. The summed E-state index contributed by atoms with van der Waals surface area (Å²) in [6, 6.07) is 14.1. The quantitative estimate of drug-likeness (QED) is 0.760. The van der Waals surface area contributed by atoms with Gasteiger partial charge < -0.3 is 4.74 Å². The highest BCUT2D eigenvalue weighted by molar-refractivity contribution is 7.92. The van der Waals surface area contributed by atoms with Crippen molar-refractivity contribution < 1.29 is 13.2 Å². The van der Waals surface area contributed by atoms with E-state index in [1.165, 1.54) is 6.07 Å². The molecular formula is C18H19N3O3S. The van der Waals surface area contributed by atoms with Crippen LogP contribution in [0.1, 0.15) is 11.1 Å². The lowest BCUT2D eigenvalue weighted by atomic mass is 10.2. The van der Waals surface area contributed by atoms with Gasteiger partial charge in [0.15, 0.2) is 0 Å². The molecule has 0 amide bonds. The largest absolute Gasteiger partial charge is 0.496 e. The van der Waals surface area contributed by atoms with E-state index in [-0.39, 0.29) is 4.90 Å². The summed E-state index contributed by atoms with van der Waals surface area (Å²) in [6.45, 7) is 3.61. The minimum absolute atomic E-state index is 0.172. The predicted octanol–water partition coefficient (Wildman–Crippen LogP) is 3.30. The third-order valence-corrected chi connectivity index (χ3v) is 5.20. The van der Waals surface area contributed by atoms with Crippen LogP contribution in [0.25, 0.3) is 5.69 Å². The molecule has 0 unspecified atom stereocenters. The lowest BCUT2D eigenvalue weighted by Crippen LogP contribution is -2.16. The van der Waals surface area contributed by atoms with Gasteiger partial charge in [-0.2, -0.15) is 5.10 Å². The first-order chi connectivity index (χ1) is 11.9. The van der Waals surface area contributed by atoms with Crippen LogP contribution < -0.4 is 9.46 Å². The minimum Gasteiger partial charge on any atom is -0.496 e. The lowest BCUT2D eigenvalue weighted by molar-refractivity contribution is 0.411. The molecule has 0 fully saturated rings. The van der Waals surface area contributed by atoms with Gasteiger partial charge in [-0.3, -0.25) is 4.72 Å². The van der Waals surface area contributed by atoms with Crippen LogP contribution in [0.4, 0.5) is 5.82 Å². The number of hydrogen-bond donors (Lipinski definition) is 1. The van der Waals surface area contributed by atoms with E-state index in [1.807, 2.05) is 37.3 Å². The smallest absolute Gasteiger partial charge is 0.263 e. The van der Waals surface area contributed by atoms with E-state index in [0.29, 0.717) is 11.6 Å². The zero-order valence-corrected chi connectivity index (χ0v) is 15.0. The van der Waals surface area contributed by atoms with Crippen LogP contribution in [0.2, 0.25) is 0 Å². The Balaban J connectivity index is 2.00. The Kier molecular flexibility index (Phi) is 4.50. The summed E-state index contributed by atoms with van der Waals surface area (Å²) in [5, 5.41) is 4.28. The highest BCUT2D eigenvalue weighted by Crippen LogP contribution is 2.25. The van der Waals surface area contributed by atoms with Crippen LogP contribution in [0.15, 0.2) is 59.6 Å². The second-order valence-electron chi connectivity index (χ2n) is 5.66. The second-order valence-corrected chi connectivity index (χ2v) is 7.34. The Labute approximate surface area is 147 Å². The molecule has 0 aliphatic carbocycles. The summed E-state index contributed by atoms with van der Waals surface area (Å²) in [7, 11) is -2.20. The van der Waals surface area contributed by atoms with Crippen LogP contribution in [0.3, 0.4) is 0 Å². The van der Waals surface area contributed by atoms with Gasteiger partial charge in [0.1, 0.15) is 11.6 Å². The summed E-state index contributed by atoms with van der Waals surface area (Å²) in [6.07, 6.45) is 1.63. The Morgan fingerprint density at radius 2 is 1.76 bits per heavy atom. The molecule has 25 heavy (non-hydrogen) atoms. The van der Waals surface area contributed by atoms with Crippen molar-refractivity contribution in [2.75, 3.05) is 11.8 Å². The average Bonchev–Trinajstić information content (AvgIpc) is 2.96. The first-order valence-corrected chi connectivity index (χ1v) is 9.18.